The predicted octanol–water partition coefficient (Wildman–Crippen LogP) is 0.619. The summed E-state index contributed by atoms with van der Waals surface area (Å²) in [6.07, 6.45) is 4.43. The Morgan fingerprint density at radius 3 is 3.15 bits per heavy atom. The van der Waals surface area contributed by atoms with E-state index in [0.717, 1.165) is 17.8 Å². The molecule has 2 heterocycles. The Morgan fingerprint density at radius 2 is 2.46 bits per heavy atom. The lowest BCUT2D eigenvalue weighted by Gasteiger charge is -1.98. The Bertz CT molecular complexity index is 372. The Labute approximate surface area is 76.4 Å². The normalized spacial score (nSPS) is 13.4. The summed E-state index contributed by atoms with van der Waals surface area (Å²) in [4.78, 5) is 4.17. The molecule has 0 radical (unpaired) electrons. The van der Waals surface area contributed by atoms with Crippen molar-refractivity contribution < 1.29 is 0 Å². The van der Waals surface area contributed by atoms with Crippen molar-refractivity contribution in [1.82, 2.24) is 14.6 Å². The molecule has 0 aromatic carbocycles. The van der Waals surface area contributed by atoms with Crippen molar-refractivity contribution in [3.05, 3.63) is 30.2 Å². The maximum absolute atomic E-state index is 5.68. The molecule has 0 spiro atoms. The second-order valence-electron chi connectivity index (χ2n) is 3.24. The summed E-state index contributed by atoms with van der Waals surface area (Å²) in [5, 5.41) is 4.33. The number of rotatable bonds is 2. The quantitative estimate of drug-likeness (QED) is 0.729. The zero-order chi connectivity index (χ0) is 9.26. The standard InChI is InChI=1S/C9H12N4/c1-7(10)5-8-6-9-11-3-2-4-13(9)12-8/h2-4,6-7H,5,10H2,1H3. The maximum atomic E-state index is 5.68. The molecule has 0 bridgehead atoms. The molecule has 0 aliphatic heterocycles. The van der Waals surface area contributed by atoms with E-state index in [9.17, 15) is 0 Å². The summed E-state index contributed by atoms with van der Waals surface area (Å²) in [6.45, 7) is 1.97. The third-order valence-electron chi connectivity index (χ3n) is 1.82. The van der Waals surface area contributed by atoms with Gasteiger partial charge >= 0.3 is 0 Å². The maximum Gasteiger partial charge on any atom is 0.155 e. The fraction of sp³-hybridized carbons (Fsp3) is 0.333. The van der Waals surface area contributed by atoms with E-state index in [1.165, 1.54) is 0 Å². The third-order valence-corrected chi connectivity index (χ3v) is 1.82. The van der Waals surface area contributed by atoms with Gasteiger partial charge in [-0.25, -0.2) is 9.50 Å². The second-order valence-corrected chi connectivity index (χ2v) is 3.24. The van der Waals surface area contributed by atoms with Crippen molar-refractivity contribution in [3.8, 4) is 0 Å². The van der Waals surface area contributed by atoms with Gasteiger partial charge in [0.05, 0.1) is 5.69 Å². The van der Waals surface area contributed by atoms with Gasteiger partial charge < -0.3 is 5.73 Å². The van der Waals surface area contributed by atoms with Gasteiger partial charge in [0.25, 0.3) is 0 Å². The third kappa shape index (κ3) is 1.67. The van der Waals surface area contributed by atoms with Gasteiger partial charge in [0.15, 0.2) is 5.65 Å². The number of fused-ring (bicyclic) bond motifs is 1. The van der Waals surface area contributed by atoms with Gasteiger partial charge in [-0.3, -0.25) is 0 Å². The average molecular weight is 176 g/mol. The average Bonchev–Trinajstić information content (AvgIpc) is 2.44. The van der Waals surface area contributed by atoms with E-state index in [1.807, 2.05) is 25.3 Å². The topological polar surface area (TPSA) is 56.2 Å². The molecule has 0 fully saturated rings. The molecule has 0 saturated heterocycles. The first-order valence-electron chi connectivity index (χ1n) is 4.30. The highest BCUT2D eigenvalue weighted by Crippen LogP contribution is 2.04. The molecule has 4 nitrogen and oxygen atoms in total. The van der Waals surface area contributed by atoms with Crippen LogP contribution >= 0.6 is 0 Å². The SMILES string of the molecule is CC(N)Cc1cc2ncccn2n1. The van der Waals surface area contributed by atoms with Crippen LogP contribution in [0.25, 0.3) is 5.65 Å². The van der Waals surface area contributed by atoms with Crippen LogP contribution in [0.2, 0.25) is 0 Å². The number of hydrogen-bond donors (Lipinski definition) is 1. The van der Waals surface area contributed by atoms with Gasteiger partial charge in [0.2, 0.25) is 0 Å². The summed E-state index contributed by atoms with van der Waals surface area (Å²) < 4.78 is 1.76. The zero-order valence-electron chi connectivity index (χ0n) is 7.51. The van der Waals surface area contributed by atoms with Gasteiger partial charge in [-0.05, 0) is 13.0 Å². The minimum Gasteiger partial charge on any atom is -0.328 e. The summed E-state index contributed by atoms with van der Waals surface area (Å²) in [6, 6.07) is 3.96. The lowest BCUT2D eigenvalue weighted by Crippen LogP contribution is -2.17. The Balaban J connectivity index is 2.38. The molecule has 4 heteroatoms. The largest absolute Gasteiger partial charge is 0.328 e. The highest BCUT2D eigenvalue weighted by molar-refractivity contribution is 5.38. The molecule has 0 aliphatic carbocycles. The smallest absolute Gasteiger partial charge is 0.155 e. The van der Waals surface area contributed by atoms with Crippen molar-refractivity contribution in [2.75, 3.05) is 0 Å². The molecular formula is C9H12N4. The van der Waals surface area contributed by atoms with Crippen LogP contribution in [0.3, 0.4) is 0 Å². The van der Waals surface area contributed by atoms with Crippen LogP contribution in [0, 0.1) is 0 Å². The van der Waals surface area contributed by atoms with Crippen LogP contribution in [-0.4, -0.2) is 20.6 Å². The van der Waals surface area contributed by atoms with Crippen molar-refractivity contribution in [2.45, 2.75) is 19.4 Å². The Morgan fingerprint density at radius 1 is 1.62 bits per heavy atom. The van der Waals surface area contributed by atoms with Gasteiger partial charge in [-0.15, -0.1) is 0 Å². The van der Waals surface area contributed by atoms with E-state index in [0.29, 0.717) is 0 Å². The van der Waals surface area contributed by atoms with Crippen molar-refractivity contribution in [1.29, 1.82) is 0 Å². The first-order chi connectivity index (χ1) is 6.25. The van der Waals surface area contributed by atoms with Crippen LogP contribution in [-0.2, 0) is 6.42 Å². The summed E-state index contributed by atoms with van der Waals surface area (Å²) >= 11 is 0. The van der Waals surface area contributed by atoms with Crippen LogP contribution in [0.5, 0.6) is 0 Å². The molecule has 2 aromatic heterocycles. The molecule has 0 saturated carbocycles. The van der Waals surface area contributed by atoms with E-state index in [1.54, 1.807) is 10.7 Å². The Kier molecular flexibility index (Phi) is 1.98. The Hall–Kier alpha value is -1.42. The molecular weight excluding hydrogens is 164 g/mol. The zero-order valence-corrected chi connectivity index (χ0v) is 7.51. The molecule has 2 N–H and O–H groups in total. The first-order valence-corrected chi connectivity index (χ1v) is 4.30. The van der Waals surface area contributed by atoms with Crippen molar-refractivity contribution in [2.24, 2.45) is 5.73 Å². The molecule has 1 unspecified atom stereocenters. The minimum atomic E-state index is 0.143. The monoisotopic (exact) mass is 176 g/mol. The number of nitrogens with zero attached hydrogens (tertiary/aromatic N) is 3. The molecule has 0 amide bonds. The van der Waals surface area contributed by atoms with E-state index >= 15 is 0 Å². The summed E-state index contributed by atoms with van der Waals surface area (Å²) in [5.74, 6) is 0. The number of nitrogens with two attached hydrogens (primary N) is 1. The van der Waals surface area contributed by atoms with Crippen LogP contribution in [0.4, 0.5) is 0 Å². The fourth-order valence-electron chi connectivity index (χ4n) is 1.31. The second kappa shape index (κ2) is 3.14. The molecule has 1 atom stereocenters. The van der Waals surface area contributed by atoms with E-state index in [4.69, 9.17) is 5.73 Å². The van der Waals surface area contributed by atoms with Gasteiger partial charge in [0.1, 0.15) is 0 Å². The van der Waals surface area contributed by atoms with Crippen LogP contribution < -0.4 is 5.73 Å². The van der Waals surface area contributed by atoms with Crippen molar-refractivity contribution >= 4 is 5.65 Å². The number of hydrogen-bond acceptors (Lipinski definition) is 3. The molecule has 13 heavy (non-hydrogen) atoms. The molecule has 2 aromatic rings. The highest BCUT2D eigenvalue weighted by atomic mass is 15.2. The molecule has 0 aliphatic rings. The van der Waals surface area contributed by atoms with Crippen LogP contribution in [0.15, 0.2) is 24.5 Å². The fourth-order valence-corrected chi connectivity index (χ4v) is 1.31. The first kappa shape index (κ1) is 8.19. The summed E-state index contributed by atoms with van der Waals surface area (Å²) in [5.41, 5.74) is 7.54. The molecule has 68 valence electrons. The van der Waals surface area contributed by atoms with Gasteiger partial charge in [0, 0.05) is 30.9 Å². The van der Waals surface area contributed by atoms with E-state index in [-0.39, 0.29) is 6.04 Å². The minimum absolute atomic E-state index is 0.143. The lowest BCUT2D eigenvalue weighted by molar-refractivity contribution is 0.712. The van der Waals surface area contributed by atoms with Gasteiger partial charge in [-0.2, -0.15) is 5.10 Å². The summed E-state index contributed by atoms with van der Waals surface area (Å²) in [7, 11) is 0. The van der Waals surface area contributed by atoms with E-state index in [2.05, 4.69) is 10.1 Å². The highest BCUT2D eigenvalue weighted by Gasteiger charge is 2.03. The van der Waals surface area contributed by atoms with Crippen molar-refractivity contribution in [3.63, 3.8) is 0 Å². The lowest BCUT2D eigenvalue weighted by atomic mass is 10.2. The predicted molar refractivity (Wildman–Crippen MR) is 50.3 cm³/mol. The van der Waals surface area contributed by atoms with Gasteiger partial charge in [-0.1, -0.05) is 0 Å². The number of aromatic nitrogens is 3. The van der Waals surface area contributed by atoms with E-state index < -0.39 is 0 Å². The van der Waals surface area contributed by atoms with Crippen LogP contribution in [0.1, 0.15) is 12.6 Å². The molecule has 2 rings (SSSR count).